The molecule has 1 saturated heterocycles. The zero-order valence-corrected chi connectivity index (χ0v) is 22.0. The largest absolute Gasteiger partial charge is 0.357 e. The summed E-state index contributed by atoms with van der Waals surface area (Å²) in [6, 6.07) is 17.5. The fraction of sp³-hybridized carbons (Fsp3) is 0.435. The molecule has 2 aromatic carbocycles. The highest BCUT2D eigenvalue weighted by Gasteiger charge is 2.29. The van der Waals surface area contributed by atoms with Crippen LogP contribution in [0.1, 0.15) is 18.1 Å². The van der Waals surface area contributed by atoms with Crippen LogP contribution in [0.15, 0.2) is 64.5 Å². The molecule has 0 bridgehead atoms. The summed E-state index contributed by atoms with van der Waals surface area (Å²) >= 11 is 0. The maximum atomic E-state index is 13.2. The summed E-state index contributed by atoms with van der Waals surface area (Å²) in [5.74, 6) is 0.685. The SMILES string of the molecule is CCNC(=NCc1ccccc1S(=O)(=O)N1CCN(C)CC1)NCCc1ccccc1.I. The van der Waals surface area contributed by atoms with Crippen LogP contribution in [-0.4, -0.2) is 69.9 Å². The van der Waals surface area contributed by atoms with Crippen LogP contribution in [0.5, 0.6) is 0 Å². The van der Waals surface area contributed by atoms with Crippen molar-refractivity contribution in [1.29, 1.82) is 0 Å². The van der Waals surface area contributed by atoms with Gasteiger partial charge < -0.3 is 15.5 Å². The predicted molar refractivity (Wildman–Crippen MR) is 141 cm³/mol. The van der Waals surface area contributed by atoms with Gasteiger partial charge in [-0.3, -0.25) is 0 Å². The third-order valence-electron chi connectivity index (χ3n) is 5.35. The van der Waals surface area contributed by atoms with Gasteiger partial charge in [0.05, 0.1) is 11.4 Å². The van der Waals surface area contributed by atoms with Crippen LogP contribution < -0.4 is 10.6 Å². The number of likely N-dealkylation sites (N-methyl/N-ethyl adjacent to an activating group) is 1. The molecule has 7 nitrogen and oxygen atoms in total. The first kappa shape index (κ1) is 26.6. The molecular formula is C23H34IN5O2S. The number of aliphatic imine (C=N–C) groups is 1. The van der Waals surface area contributed by atoms with Crippen LogP contribution in [0.2, 0.25) is 0 Å². The lowest BCUT2D eigenvalue weighted by atomic mass is 10.1. The highest BCUT2D eigenvalue weighted by Crippen LogP contribution is 2.22. The fourth-order valence-corrected chi connectivity index (χ4v) is 5.17. The van der Waals surface area contributed by atoms with Crippen molar-refractivity contribution in [3.63, 3.8) is 0 Å². The zero-order chi connectivity index (χ0) is 22.1. The van der Waals surface area contributed by atoms with Crippen molar-refractivity contribution < 1.29 is 8.42 Å². The van der Waals surface area contributed by atoms with E-state index < -0.39 is 10.0 Å². The first-order chi connectivity index (χ1) is 15.0. The summed E-state index contributed by atoms with van der Waals surface area (Å²) < 4.78 is 28.1. The second kappa shape index (κ2) is 13.1. The van der Waals surface area contributed by atoms with Gasteiger partial charge >= 0.3 is 0 Å². The minimum Gasteiger partial charge on any atom is -0.357 e. The van der Waals surface area contributed by atoms with Gasteiger partial charge in [-0.1, -0.05) is 48.5 Å². The second-order valence-electron chi connectivity index (χ2n) is 7.67. The number of benzene rings is 2. The molecule has 0 radical (unpaired) electrons. The molecule has 1 aliphatic heterocycles. The summed E-state index contributed by atoms with van der Waals surface area (Å²) in [7, 11) is -1.52. The van der Waals surface area contributed by atoms with Gasteiger partial charge in [-0.15, -0.1) is 24.0 Å². The molecule has 9 heteroatoms. The Kier molecular flexibility index (Phi) is 10.9. The standard InChI is InChI=1S/C23H33N5O2S.HI/c1-3-24-23(25-14-13-20-9-5-4-6-10-20)26-19-21-11-7-8-12-22(21)31(29,30)28-17-15-27(2)16-18-28;/h4-12H,3,13-19H2,1-2H3,(H2,24,25,26);1H. The number of sulfonamides is 1. The predicted octanol–water partition coefficient (Wildman–Crippen LogP) is 2.54. The van der Waals surface area contributed by atoms with Gasteiger partial charge in [0.2, 0.25) is 10.0 Å². The van der Waals surface area contributed by atoms with Gasteiger partial charge in [0, 0.05) is 39.3 Å². The maximum Gasteiger partial charge on any atom is 0.243 e. The second-order valence-corrected chi connectivity index (χ2v) is 9.58. The number of nitrogens with zero attached hydrogens (tertiary/aromatic N) is 3. The van der Waals surface area contributed by atoms with Crippen molar-refractivity contribution in [2.45, 2.75) is 24.8 Å². The number of hydrogen-bond donors (Lipinski definition) is 2. The molecule has 32 heavy (non-hydrogen) atoms. The molecule has 0 unspecified atom stereocenters. The Morgan fingerprint density at radius 1 is 0.969 bits per heavy atom. The zero-order valence-electron chi connectivity index (χ0n) is 18.8. The van der Waals surface area contributed by atoms with Crippen molar-refractivity contribution in [3.05, 3.63) is 65.7 Å². The summed E-state index contributed by atoms with van der Waals surface area (Å²) in [5, 5.41) is 6.58. The van der Waals surface area contributed by atoms with Crippen molar-refractivity contribution >= 4 is 40.0 Å². The molecule has 176 valence electrons. The van der Waals surface area contributed by atoms with E-state index in [0.29, 0.717) is 36.1 Å². The average Bonchev–Trinajstić information content (AvgIpc) is 2.78. The smallest absolute Gasteiger partial charge is 0.243 e. The van der Waals surface area contributed by atoms with Gasteiger partial charge in [-0.2, -0.15) is 4.31 Å². The molecular weight excluding hydrogens is 537 g/mol. The third kappa shape index (κ3) is 7.43. The van der Waals surface area contributed by atoms with E-state index in [1.807, 2.05) is 44.3 Å². The Balaban J connectivity index is 0.00000363. The maximum absolute atomic E-state index is 13.2. The van der Waals surface area contributed by atoms with Crippen LogP contribution >= 0.6 is 24.0 Å². The summed E-state index contributed by atoms with van der Waals surface area (Å²) in [6.07, 6.45) is 0.889. The van der Waals surface area contributed by atoms with Crippen molar-refractivity contribution in [2.75, 3.05) is 46.3 Å². The monoisotopic (exact) mass is 571 g/mol. The Bertz CT molecular complexity index is 961. The van der Waals surface area contributed by atoms with E-state index in [9.17, 15) is 8.42 Å². The van der Waals surface area contributed by atoms with Crippen LogP contribution in [0.25, 0.3) is 0 Å². The van der Waals surface area contributed by atoms with Gasteiger partial charge in [0.15, 0.2) is 5.96 Å². The number of rotatable bonds is 8. The molecule has 0 aromatic heterocycles. The van der Waals surface area contributed by atoms with Crippen molar-refractivity contribution in [1.82, 2.24) is 19.8 Å². The minimum atomic E-state index is -3.53. The van der Waals surface area contributed by atoms with E-state index in [1.54, 1.807) is 16.4 Å². The normalized spacial score (nSPS) is 15.8. The summed E-state index contributed by atoms with van der Waals surface area (Å²) in [5.41, 5.74) is 1.97. The van der Waals surface area contributed by atoms with E-state index >= 15 is 0 Å². The molecule has 0 amide bonds. The van der Waals surface area contributed by atoms with Crippen LogP contribution in [-0.2, 0) is 23.0 Å². The van der Waals surface area contributed by atoms with E-state index in [0.717, 1.165) is 32.6 Å². The number of guanidine groups is 1. The molecule has 0 saturated carbocycles. The van der Waals surface area contributed by atoms with Gasteiger partial charge in [0.1, 0.15) is 0 Å². The molecule has 1 aliphatic rings. The van der Waals surface area contributed by atoms with Crippen LogP contribution in [0.4, 0.5) is 0 Å². The highest BCUT2D eigenvalue weighted by atomic mass is 127. The molecule has 0 spiro atoms. The lowest BCUT2D eigenvalue weighted by Crippen LogP contribution is -2.47. The fourth-order valence-electron chi connectivity index (χ4n) is 3.53. The molecule has 0 aliphatic carbocycles. The third-order valence-corrected chi connectivity index (χ3v) is 7.35. The Morgan fingerprint density at radius 3 is 2.31 bits per heavy atom. The molecule has 3 rings (SSSR count). The first-order valence-electron chi connectivity index (χ1n) is 10.8. The minimum absolute atomic E-state index is 0. The average molecular weight is 572 g/mol. The van der Waals surface area contributed by atoms with E-state index in [1.165, 1.54) is 5.56 Å². The number of halogens is 1. The quantitative estimate of drug-likeness (QED) is 0.290. The lowest BCUT2D eigenvalue weighted by Gasteiger charge is -2.32. The lowest BCUT2D eigenvalue weighted by molar-refractivity contribution is 0.222. The first-order valence-corrected chi connectivity index (χ1v) is 12.3. The molecule has 1 fully saturated rings. The van der Waals surface area contributed by atoms with Crippen molar-refractivity contribution in [3.8, 4) is 0 Å². The van der Waals surface area contributed by atoms with Crippen LogP contribution in [0.3, 0.4) is 0 Å². The van der Waals surface area contributed by atoms with E-state index in [4.69, 9.17) is 0 Å². The number of nitrogens with one attached hydrogen (secondary N) is 2. The highest BCUT2D eigenvalue weighted by molar-refractivity contribution is 14.0. The summed E-state index contributed by atoms with van der Waals surface area (Å²) in [4.78, 5) is 7.14. The van der Waals surface area contributed by atoms with E-state index in [-0.39, 0.29) is 24.0 Å². The topological polar surface area (TPSA) is 77.0 Å². The van der Waals surface area contributed by atoms with E-state index in [2.05, 4.69) is 32.7 Å². The molecule has 2 N–H and O–H groups in total. The van der Waals surface area contributed by atoms with Gasteiger partial charge in [-0.05, 0) is 37.6 Å². The molecule has 0 atom stereocenters. The van der Waals surface area contributed by atoms with Crippen molar-refractivity contribution in [2.24, 2.45) is 4.99 Å². The molecule has 2 aromatic rings. The Morgan fingerprint density at radius 2 is 1.62 bits per heavy atom. The Labute approximate surface area is 209 Å². The number of hydrogen-bond acceptors (Lipinski definition) is 4. The number of piperazine rings is 1. The van der Waals surface area contributed by atoms with Gasteiger partial charge in [0.25, 0.3) is 0 Å². The Hall–Kier alpha value is -1.69. The molecule has 1 heterocycles. The summed E-state index contributed by atoms with van der Waals surface area (Å²) in [6.45, 7) is 6.31. The van der Waals surface area contributed by atoms with Crippen LogP contribution in [0, 0.1) is 0 Å². The van der Waals surface area contributed by atoms with Gasteiger partial charge in [-0.25, -0.2) is 13.4 Å².